The molecule has 0 heterocycles. The molecule has 0 bridgehead atoms. The first kappa shape index (κ1) is 12.8. The van der Waals surface area contributed by atoms with Crippen LogP contribution in [0.4, 0.5) is 4.39 Å². The first-order valence-corrected chi connectivity index (χ1v) is 6.14. The number of hydrogen-bond acceptors (Lipinski definition) is 1. The van der Waals surface area contributed by atoms with Gasteiger partial charge in [-0.1, -0.05) is 49.4 Å². The first-order valence-electron chi connectivity index (χ1n) is 6.14. The van der Waals surface area contributed by atoms with Crippen LogP contribution in [0, 0.1) is 11.7 Å². The third-order valence-corrected chi connectivity index (χ3v) is 3.15. The molecule has 2 aromatic rings. The van der Waals surface area contributed by atoms with E-state index in [0.29, 0.717) is 0 Å². The van der Waals surface area contributed by atoms with Crippen molar-refractivity contribution in [2.45, 2.75) is 19.4 Å². The Labute approximate surface area is 107 Å². The number of hydrogen-bond donors (Lipinski definition) is 1. The Balaban J connectivity index is 2.03. The maximum absolute atomic E-state index is 12.8. The van der Waals surface area contributed by atoms with Crippen molar-refractivity contribution in [1.82, 2.24) is 0 Å². The number of aliphatic hydroxyl groups is 1. The number of halogens is 1. The Morgan fingerprint density at radius 1 is 1.00 bits per heavy atom. The molecule has 0 aliphatic heterocycles. The van der Waals surface area contributed by atoms with Crippen molar-refractivity contribution in [3.05, 3.63) is 71.5 Å². The Morgan fingerprint density at radius 2 is 1.61 bits per heavy atom. The summed E-state index contributed by atoms with van der Waals surface area (Å²) in [7, 11) is 0. The fourth-order valence-corrected chi connectivity index (χ4v) is 2.08. The van der Waals surface area contributed by atoms with E-state index in [4.69, 9.17) is 0 Å². The molecular formula is C16H17FO. The van der Waals surface area contributed by atoms with E-state index in [1.165, 1.54) is 12.1 Å². The molecule has 2 aromatic carbocycles. The van der Waals surface area contributed by atoms with E-state index >= 15 is 0 Å². The summed E-state index contributed by atoms with van der Waals surface area (Å²) in [5, 5.41) is 10.2. The van der Waals surface area contributed by atoms with Crippen LogP contribution < -0.4 is 0 Å². The number of rotatable bonds is 4. The third kappa shape index (κ3) is 3.17. The fourth-order valence-electron chi connectivity index (χ4n) is 2.08. The molecular weight excluding hydrogens is 227 g/mol. The van der Waals surface area contributed by atoms with Gasteiger partial charge in [-0.2, -0.15) is 0 Å². The minimum Gasteiger partial charge on any atom is -0.388 e. The predicted molar refractivity (Wildman–Crippen MR) is 70.7 cm³/mol. The molecule has 0 fully saturated rings. The Kier molecular flexibility index (Phi) is 4.11. The molecule has 0 aliphatic carbocycles. The zero-order valence-corrected chi connectivity index (χ0v) is 10.4. The van der Waals surface area contributed by atoms with E-state index in [9.17, 15) is 9.50 Å². The van der Waals surface area contributed by atoms with Crippen molar-refractivity contribution in [3.63, 3.8) is 0 Å². The van der Waals surface area contributed by atoms with Gasteiger partial charge in [0.05, 0.1) is 6.10 Å². The van der Waals surface area contributed by atoms with Crippen LogP contribution >= 0.6 is 0 Å². The molecule has 0 saturated heterocycles. The molecule has 2 heteroatoms. The highest BCUT2D eigenvalue weighted by Gasteiger charge is 2.16. The maximum atomic E-state index is 12.8. The van der Waals surface area contributed by atoms with E-state index in [2.05, 4.69) is 0 Å². The summed E-state index contributed by atoms with van der Waals surface area (Å²) in [5.74, 6) is -0.132. The van der Waals surface area contributed by atoms with Gasteiger partial charge in [-0.05, 0) is 35.6 Å². The van der Waals surface area contributed by atoms with E-state index in [1.807, 2.05) is 37.3 Å². The molecule has 0 aliphatic rings. The lowest BCUT2D eigenvalue weighted by atomic mass is 9.91. The average Bonchev–Trinajstić information content (AvgIpc) is 2.41. The second-order valence-corrected chi connectivity index (χ2v) is 4.66. The molecule has 0 aromatic heterocycles. The minimum absolute atomic E-state index is 0.0952. The normalized spacial score (nSPS) is 14.2. The van der Waals surface area contributed by atoms with Crippen molar-refractivity contribution < 1.29 is 9.50 Å². The van der Waals surface area contributed by atoms with Crippen LogP contribution in [0.25, 0.3) is 0 Å². The monoisotopic (exact) mass is 244 g/mol. The zero-order chi connectivity index (χ0) is 13.0. The Morgan fingerprint density at radius 3 is 2.22 bits per heavy atom. The topological polar surface area (TPSA) is 20.2 Å². The molecule has 18 heavy (non-hydrogen) atoms. The van der Waals surface area contributed by atoms with Crippen LogP contribution in [-0.2, 0) is 6.42 Å². The highest BCUT2D eigenvalue weighted by atomic mass is 19.1. The van der Waals surface area contributed by atoms with Gasteiger partial charge in [0.2, 0.25) is 0 Å². The molecule has 0 saturated carbocycles. The summed E-state index contributed by atoms with van der Waals surface area (Å²) < 4.78 is 12.8. The van der Waals surface area contributed by atoms with Gasteiger partial charge in [-0.25, -0.2) is 4.39 Å². The van der Waals surface area contributed by atoms with Crippen LogP contribution in [-0.4, -0.2) is 5.11 Å². The van der Waals surface area contributed by atoms with Crippen molar-refractivity contribution in [2.24, 2.45) is 5.92 Å². The Hall–Kier alpha value is -1.67. The van der Waals surface area contributed by atoms with Gasteiger partial charge in [0.15, 0.2) is 0 Å². The second kappa shape index (κ2) is 5.78. The van der Waals surface area contributed by atoms with Gasteiger partial charge in [0.25, 0.3) is 0 Å². The standard InChI is InChI=1S/C16H17FO/c1-12(11-13-7-9-15(17)10-8-13)16(18)14-5-3-2-4-6-14/h2-10,12,16,18H,11H2,1H3. The molecule has 0 amide bonds. The lowest BCUT2D eigenvalue weighted by molar-refractivity contribution is 0.117. The molecule has 1 N–H and O–H groups in total. The van der Waals surface area contributed by atoms with Gasteiger partial charge in [0.1, 0.15) is 5.82 Å². The smallest absolute Gasteiger partial charge is 0.123 e. The summed E-state index contributed by atoms with van der Waals surface area (Å²) in [5.41, 5.74) is 1.96. The molecule has 0 spiro atoms. The molecule has 94 valence electrons. The maximum Gasteiger partial charge on any atom is 0.123 e. The number of aliphatic hydroxyl groups excluding tert-OH is 1. The average molecular weight is 244 g/mol. The van der Waals surface area contributed by atoms with E-state index < -0.39 is 6.10 Å². The van der Waals surface area contributed by atoms with Crippen LogP contribution in [0.3, 0.4) is 0 Å². The summed E-state index contributed by atoms with van der Waals surface area (Å²) in [6.07, 6.45) is 0.243. The largest absolute Gasteiger partial charge is 0.388 e. The molecule has 2 atom stereocenters. The molecule has 1 nitrogen and oxygen atoms in total. The molecule has 2 rings (SSSR count). The predicted octanol–water partition coefficient (Wildman–Crippen LogP) is 3.74. The number of benzene rings is 2. The van der Waals surface area contributed by atoms with Crippen molar-refractivity contribution >= 4 is 0 Å². The van der Waals surface area contributed by atoms with E-state index in [0.717, 1.165) is 17.5 Å². The molecule has 0 radical (unpaired) electrons. The summed E-state index contributed by atoms with van der Waals surface area (Å²) >= 11 is 0. The van der Waals surface area contributed by atoms with Gasteiger partial charge >= 0.3 is 0 Å². The van der Waals surface area contributed by atoms with Crippen molar-refractivity contribution in [2.75, 3.05) is 0 Å². The quantitative estimate of drug-likeness (QED) is 0.868. The highest BCUT2D eigenvalue weighted by molar-refractivity contribution is 5.20. The van der Waals surface area contributed by atoms with Crippen molar-refractivity contribution in [1.29, 1.82) is 0 Å². The van der Waals surface area contributed by atoms with Crippen LogP contribution in [0.2, 0.25) is 0 Å². The molecule has 2 unspecified atom stereocenters. The van der Waals surface area contributed by atoms with Crippen LogP contribution in [0.1, 0.15) is 24.2 Å². The van der Waals surface area contributed by atoms with Crippen LogP contribution in [0.5, 0.6) is 0 Å². The third-order valence-electron chi connectivity index (χ3n) is 3.15. The second-order valence-electron chi connectivity index (χ2n) is 4.66. The van der Waals surface area contributed by atoms with Crippen molar-refractivity contribution in [3.8, 4) is 0 Å². The summed E-state index contributed by atoms with van der Waals surface area (Å²) in [6.45, 7) is 2.00. The summed E-state index contributed by atoms with van der Waals surface area (Å²) in [6, 6.07) is 16.1. The Bertz CT molecular complexity index is 478. The highest BCUT2D eigenvalue weighted by Crippen LogP contribution is 2.24. The van der Waals surface area contributed by atoms with Gasteiger partial charge in [0, 0.05) is 0 Å². The van der Waals surface area contributed by atoms with E-state index in [1.54, 1.807) is 12.1 Å². The summed E-state index contributed by atoms with van der Waals surface area (Å²) in [4.78, 5) is 0. The van der Waals surface area contributed by atoms with Gasteiger partial charge in [-0.15, -0.1) is 0 Å². The fraction of sp³-hybridized carbons (Fsp3) is 0.250. The lowest BCUT2D eigenvalue weighted by Crippen LogP contribution is -2.11. The minimum atomic E-state index is -0.490. The zero-order valence-electron chi connectivity index (χ0n) is 10.4. The SMILES string of the molecule is CC(Cc1ccc(F)cc1)C(O)c1ccccc1. The van der Waals surface area contributed by atoms with Gasteiger partial charge < -0.3 is 5.11 Å². The van der Waals surface area contributed by atoms with Crippen LogP contribution in [0.15, 0.2) is 54.6 Å². The first-order chi connectivity index (χ1) is 8.66. The lowest BCUT2D eigenvalue weighted by Gasteiger charge is -2.19. The van der Waals surface area contributed by atoms with E-state index in [-0.39, 0.29) is 11.7 Å². The van der Waals surface area contributed by atoms with Gasteiger partial charge in [-0.3, -0.25) is 0 Å².